The number of fused-ring (bicyclic) bond motifs is 1. The van der Waals surface area contributed by atoms with Crippen LogP contribution in [0.15, 0.2) is 52.3 Å². The fourth-order valence-electron chi connectivity index (χ4n) is 3.13. The van der Waals surface area contributed by atoms with Crippen LogP contribution < -0.4 is 10.1 Å². The number of nitrogens with one attached hydrogen (secondary N) is 1. The number of benzene rings is 1. The Morgan fingerprint density at radius 2 is 2.29 bits per heavy atom. The fraction of sp³-hybridized carbons (Fsp3) is 0.300. The molecule has 28 heavy (non-hydrogen) atoms. The number of ether oxygens (including phenoxy) is 1. The van der Waals surface area contributed by atoms with Crippen molar-refractivity contribution < 1.29 is 18.3 Å². The van der Waals surface area contributed by atoms with Crippen molar-refractivity contribution in [2.75, 3.05) is 6.61 Å². The van der Waals surface area contributed by atoms with Crippen molar-refractivity contribution in [1.29, 1.82) is 0 Å². The summed E-state index contributed by atoms with van der Waals surface area (Å²) in [7, 11) is 1.92. The van der Waals surface area contributed by atoms with Crippen LogP contribution in [0.3, 0.4) is 0 Å². The van der Waals surface area contributed by atoms with Crippen LogP contribution in [0.5, 0.6) is 5.75 Å². The number of hydrogen-bond acceptors (Lipinski definition) is 5. The first-order valence-electron chi connectivity index (χ1n) is 9.02. The van der Waals surface area contributed by atoms with Gasteiger partial charge in [0.1, 0.15) is 17.3 Å². The molecule has 0 bridgehead atoms. The van der Waals surface area contributed by atoms with Crippen molar-refractivity contribution in [2.24, 2.45) is 7.05 Å². The summed E-state index contributed by atoms with van der Waals surface area (Å²) in [5.74, 6) is 1.43. The Kier molecular flexibility index (Phi) is 5.38. The first-order chi connectivity index (χ1) is 13.6. The van der Waals surface area contributed by atoms with Crippen LogP contribution in [0.1, 0.15) is 40.8 Å². The predicted octanol–water partition coefficient (Wildman–Crippen LogP) is 4.09. The van der Waals surface area contributed by atoms with Crippen LogP contribution in [0.4, 0.5) is 4.39 Å². The molecule has 3 heterocycles. The van der Waals surface area contributed by atoms with Crippen LogP contribution in [0, 0.1) is 5.82 Å². The highest BCUT2D eigenvalue weighted by Gasteiger charge is 2.24. The number of imidazole rings is 1. The number of nitrogens with zero attached hydrogens (tertiary/aromatic N) is 2. The van der Waals surface area contributed by atoms with Gasteiger partial charge >= 0.3 is 0 Å². The van der Waals surface area contributed by atoms with Crippen molar-refractivity contribution in [1.82, 2.24) is 14.9 Å². The maximum atomic E-state index is 13.7. The molecule has 4 rings (SSSR count). The van der Waals surface area contributed by atoms with Crippen molar-refractivity contribution in [2.45, 2.75) is 29.8 Å². The van der Waals surface area contributed by atoms with Gasteiger partial charge in [-0.15, -0.1) is 0 Å². The molecule has 8 heteroatoms. The minimum atomic E-state index is -0.352. The average Bonchev–Trinajstić information content (AvgIpc) is 3.27. The molecule has 1 aliphatic rings. The minimum Gasteiger partial charge on any atom is -0.493 e. The van der Waals surface area contributed by atoms with E-state index < -0.39 is 0 Å². The number of carbonyl (C=O) groups excluding carboxylic acids is 1. The highest BCUT2D eigenvalue weighted by molar-refractivity contribution is 7.98. The van der Waals surface area contributed by atoms with E-state index in [1.165, 1.54) is 23.9 Å². The average molecular weight is 401 g/mol. The molecule has 0 fully saturated rings. The lowest BCUT2D eigenvalue weighted by Crippen LogP contribution is -2.28. The molecule has 3 aromatic rings. The number of halogens is 1. The molecular weight excluding hydrogens is 381 g/mol. The monoisotopic (exact) mass is 401 g/mol. The Balaban J connectivity index is 1.44. The lowest BCUT2D eigenvalue weighted by molar-refractivity contribution is 0.0905. The van der Waals surface area contributed by atoms with E-state index in [1.54, 1.807) is 24.4 Å². The maximum absolute atomic E-state index is 13.7. The third-order valence-electron chi connectivity index (χ3n) is 4.55. The van der Waals surface area contributed by atoms with Gasteiger partial charge in [-0.1, -0.05) is 11.8 Å². The Labute approximate surface area is 166 Å². The van der Waals surface area contributed by atoms with E-state index in [1.807, 2.05) is 17.8 Å². The number of amides is 1. The molecule has 0 radical (unpaired) electrons. The number of furan rings is 1. The van der Waals surface area contributed by atoms with Crippen molar-refractivity contribution >= 4 is 17.7 Å². The van der Waals surface area contributed by atoms with E-state index in [2.05, 4.69) is 10.3 Å². The molecule has 1 N–H and O–H groups in total. The second-order valence-corrected chi connectivity index (χ2v) is 7.52. The quantitative estimate of drug-likeness (QED) is 0.652. The summed E-state index contributed by atoms with van der Waals surface area (Å²) in [4.78, 5) is 16.9. The molecular formula is C20H20FN3O3S. The van der Waals surface area contributed by atoms with Gasteiger partial charge in [0.25, 0.3) is 5.91 Å². The lowest BCUT2D eigenvalue weighted by atomic mass is 10.0. The number of aromatic nitrogens is 2. The molecule has 0 aliphatic carbocycles. The first-order valence-corrected chi connectivity index (χ1v) is 10.0. The van der Waals surface area contributed by atoms with Crippen LogP contribution in [-0.2, 0) is 12.8 Å². The number of aryl methyl sites for hydroxylation is 1. The summed E-state index contributed by atoms with van der Waals surface area (Å²) in [6.45, 7) is 0.542. The molecule has 6 nitrogen and oxygen atoms in total. The van der Waals surface area contributed by atoms with Crippen LogP contribution in [0.2, 0.25) is 0 Å². The molecule has 146 valence electrons. The van der Waals surface area contributed by atoms with Crippen molar-refractivity contribution in [3.05, 3.63) is 65.6 Å². The summed E-state index contributed by atoms with van der Waals surface area (Å²) < 4.78 is 27.0. The van der Waals surface area contributed by atoms with E-state index in [4.69, 9.17) is 9.15 Å². The summed E-state index contributed by atoms with van der Waals surface area (Å²) in [6.07, 6.45) is 5.05. The summed E-state index contributed by atoms with van der Waals surface area (Å²) in [5, 5.41) is 3.82. The van der Waals surface area contributed by atoms with Crippen LogP contribution in [0.25, 0.3) is 0 Å². The van der Waals surface area contributed by atoms with Crippen molar-refractivity contribution in [3.8, 4) is 5.75 Å². The molecule has 2 aromatic heterocycles. The number of hydrogen-bond donors (Lipinski definition) is 1. The Morgan fingerprint density at radius 3 is 3.11 bits per heavy atom. The summed E-state index contributed by atoms with van der Waals surface area (Å²) in [5.41, 5.74) is 0.656. The number of carbonyl (C=O) groups is 1. The van der Waals surface area contributed by atoms with Gasteiger partial charge in [-0.05, 0) is 43.2 Å². The Hall–Kier alpha value is -2.74. The molecule has 1 amide bonds. The van der Waals surface area contributed by atoms with Gasteiger partial charge in [-0.3, -0.25) is 4.79 Å². The zero-order chi connectivity index (χ0) is 19.5. The predicted molar refractivity (Wildman–Crippen MR) is 103 cm³/mol. The summed E-state index contributed by atoms with van der Waals surface area (Å²) >= 11 is 1.53. The normalized spacial score (nSPS) is 16.1. The van der Waals surface area contributed by atoms with E-state index >= 15 is 0 Å². The maximum Gasteiger partial charge on any atom is 0.287 e. The lowest BCUT2D eigenvalue weighted by Gasteiger charge is -2.17. The van der Waals surface area contributed by atoms with Gasteiger partial charge in [0.2, 0.25) is 0 Å². The van der Waals surface area contributed by atoms with Gasteiger partial charge in [0.15, 0.2) is 10.9 Å². The van der Waals surface area contributed by atoms with Gasteiger partial charge < -0.3 is 19.0 Å². The zero-order valence-corrected chi connectivity index (χ0v) is 16.2. The Morgan fingerprint density at radius 1 is 1.39 bits per heavy atom. The second kappa shape index (κ2) is 8.10. The minimum absolute atomic E-state index is 0.235. The van der Waals surface area contributed by atoms with E-state index in [-0.39, 0.29) is 23.5 Å². The first kappa shape index (κ1) is 18.6. The van der Waals surface area contributed by atoms with E-state index in [0.29, 0.717) is 35.9 Å². The molecule has 0 saturated heterocycles. The standard InChI is InChI=1S/C20H20FN3O3S/c1-24-9-8-22-20(24)28-12-14-5-7-18(27-14)19(25)23-16-3-2-10-26-17-6-4-13(21)11-15(16)17/h4-9,11,16H,2-3,10,12H2,1H3,(H,23,25)/t16-/m1/s1. The highest BCUT2D eigenvalue weighted by Crippen LogP contribution is 2.32. The molecule has 1 aliphatic heterocycles. The smallest absolute Gasteiger partial charge is 0.287 e. The molecule has 0 saturated carbocycles. The second-order valence-electron chi connectivity index (χ2n) is 6.57. The van der Waals surface area contributed by atoms with Gasteiger partial charge in [0.05, 0.1) is 18.4 Å². The zero-order valence-electron chi connectivity index (χ0n) is 15.4. The SMILES string of the molecule is Cn1ccnc1SCc1ccc(C(=O)N[C@@H]2CCCOc3ccc(F)cc32)o1. The van der Waals surface area contributed by atoms with Crippen LogP contribution in [-0.4, -0.2) is 22.1 Å². The fourth-order valence-corrected chi connectivity index (χ4v) is 3.96. The molecule has 1 aromatic carbocycles. The topological polar surface area (TPSA) is 69.3 Å². The molecule has 1 atom stereocenters. The van der Waals surface area contributed by atoms with E-state index in [0.717, 1.165) is 11.6 Å². The highest BCUT2D eigenvalue weighted by atomic mass is 32.2. The van der Waals surface area contributed by atoms with Gasteiger partial charge in [-0.25, -0.2) is 9.37 Å². The third kappa shape index (κ3) is 4.06. The summed E-state index contributed by atoms with van der Waals surface area (Å²) in [6, 6.07) is 7.51. The number of rotatable bonds is 5. The largest absolute Gasteiger partial charge is 0.493 e. The third-order valence-corrected chi connectivity index (χ3v) is 5.63. The Bertz CT molecular complexity index is 985. The van der Waals surface area contributed by atoms with E-state index in [9.17, 15) is 9.18 Å². The van der Waals surface area contributed by atoms with Crippen molar-refractivity contribution in [3.63, 3.8) is 0 Å². The van der Waals surface area contributed by atoms with Gasteiger partial charge in [0, 0.05) is 25.0 Å². The molecule has 0 unspecified atom stereocenters. The molecule has 0 spiro atoms. The van der Waals surface area contributed by atoms with Gasteiger partial charge in [-0.2, -0.15) is 0 Å². The van der Waals surface area contributed by atoms with Crippen LogP contribution >= 0.6 is 11.8 Å². The number of thioether (sulfide) groups is 1.